The van der Waals surface area contributed by atoms with E-state index >= 15 is 0 Å². The number of allylic oxidation sites excluding steroid dienone is 2. The maximum Gasteiger partial charge on any atom is 0.307 e. The fourth-order valence-corrected chi connectivity index (χ4v) is 1.82. The summed E-state index contributed by atoms with van der Waals surface area (Å²) in [6.07, 6.45) is 2.07. The van der Waals surface area contributed by atoms with E-state index in [4.69, 9.17) is 5.11 Å². The molecule has 0 aromatic rings. The Balaban J connectivity index is 0.00000144. The molecule has 1 N–H and O–H groups in total. The van der Waals surface area contributed by atoms with Crippen LogP contribution in [0.5, 0.6) is 0 Å². The molecule has 0 bridgehead atoms. The first-order valence-corrected chi connectivity index (χ1v) is 4.25. The van der Waals surface area contributed by atoms with Gasteiger partial charge >= 0.3 is 5.97 Å². The molecular formula is C10H17ClO2. The van der Waals surface area contributed by atoms with E-state index in [1.807, 2.05) is 27.7 Å². The molecule has 3 heteroatoms. The maximum atomic E-state index is 10.7. The van der Waals surface area contributed by atoms with Crippen molar-refractivity contribution in [2.24, 2.45) is 17.3 Å². The third kappa shape index (κ3) is 2.25. The molecule has 0 aliphatic heterocycles. The van der Waals surface area contributed by atoms with E-state index < -0.39 is 5.97 Å². The monoisotopic (exact) mass is 204 g/mol. The van der Waals surface area contributed by atoms with Gasteiger partial charge in [-0.05, 0) is 25.2 Å². The van der Waals surface area contributed by atoms with Crippen LogP contribution in [0.15, 0.2) is 11.6 Å². The van der Waals surface area contributed by atoms with Crippen LogP contribution in [0, 0.1) is 17.3 Å². The molecule has 0 aromatic heterocycles. The molecule has 0 spiro atoms. The summed E-state index contributed by atoms with van der Waals surface area (Å²) in [5.41, 5.74) is 1.17. The van der Waals surface area contributed by atoms with Crippen molar-refractivity contribution in [3.63, 3.8) is 0 Å². The van der Waals surface area contributed by atoms with Gasteiger partial charge in [0.25, 0.3) is 0 Å². The lowest BCUT2D eigenvalue weighted by atomic mass is 10.1. The summed E-state index contributed by atoms with van der Waals surface area (Å²) < 4.78 is 0. The predicted molar refractivity (Wildman–Crippen MR) is 55.1 cm³/mol. The Morgan fingerprint density at radius 2 is 1.85 bits per heavy atom. The van der Waals surface area contributed by atoms with Crippen molar-refractivity contribution in [1.29, 1.82) is 0 Å². The highest BCUT2D eigenvalue weighted by Gasteiger charge is 2.60. The summed E-state index contributed by atoms with van der Waals surface area (Å²) >= 11 is 0. The number of carboxylic acids is 1. The Labute approximate surface area is 85.4 Å². The number of aliphatic carboxylic acids is 1. The molecule has 0 unspecified atom stereocenters. The van der Waals surface area contributed by atoms with Crippen LogP contribution in [0.1, 0.15) is 27.7 Å². The lowest BCUT2D eigenvalue weighted by Crippen LogP contribution is -2.02. The average Bonchev–Trinajstić information content (AvgIpc) is 2.32. The summed E-state index contributed by atoms with van der Waals surface area (Å²) in [5.74, 6) is -0.602. The smallest absolute Gasteiger partial charge is 0.307 e. The van der Waals surface area contributed by atoms with Crippen molar-refractivity contribution in [2.75, 3.05) is 0 Å². The Morgan fingerprint density at radius 1 is 1.38 bits per heavy atom. The normalized spacial score (nSPS) is 28.6. The second-order valence-corrected chi connectivity index (χ2v) is 4.41. The Bertz CT molecular complexity index is 239. The van der Waals surface area contributed by atoms with Gasteiger partial charge in [-0.3, -0.25) is 4.79 Å². The number of halogens is 1. The summed E-state index contributed by atoms with van der Waals surface area (Å²) in [6, 6.07) is 0. The van der Waals surface area contributed by atoms with E-state index in [1.165, 1.54) is 5.57 Å². The minimum Gasteiger partial charge on any atom is -0.481 e. The van der Waals surface area contributed by atoms with Crippen LogP contribution in [0.4, 0.5) is 0 Å². The standard InChI is InChI=1S/C10H16O2.ClH/c1-6(2)5-7-8(9(11)12)10(7,3)4;/h5,7-8H,1-4H3,(H,11,12);1H/t7-,8+;/m1./s1. The average molecular weight is 205 g/mol. The van der Waals surface area contributed by atoms with Gasteiger partial charge in [-0.1, -0.05) is 25.5 Å². The van der Waals surface area contributed by atoms with E-state index in [2.05, 4.69) is 6.08 Å². The van der Waals surface area contributed by atoms with Gasteiger partial charge in [0, 0.05) is 0 Å². The molecule has 1 rings (SSSR count). The van der Waals surface area contributed by atoms with Crippen molar-refractivity contribution >= 4 is 18.4 Å². The van der Waals surface area contributed by atoms with Crippen molar-refractivity contribution in [3.8, 4) is 0 Å². The lowest BCUT2D eigenvalue weighted by Gasteiger charge is -1.96. The summed E-state index contributed by atoms with van der Waals surface area (Å²) in [4.78, 5) is 10.7. The first-order valence-electron chi connectivity index (χ1n) is 4.25. The van der Waals surface area contributed by atoms with Gasteiger partial charge < -0.3 is 5.11 Å². The van der Waals surface area contributed by atoms with Crippen LogP contribution in [0.2, 0.25) is 0 Å². The van der Waals surface area contributed by atoms with Crippen molar-refractivity contribution in [2.45, 2.75) is 27.7 Å². The highest BCUT2D eigenvalue weighted by molar-refractivity contribution is 5.85. The molecule has 76 valence electrons. The highest BCUT2D eigenvalue weighted by atomic mass is 35.5. The number of hydrogen-bond donors (Lipinski definition) is 1. The molecule has 2 atom stereocenters. The molecule has 1 fully saturated rings. The van der Waals surface area contributed by atoms with Gasteiger partial charge in [0.2, 0.25) is 0 Å². The highest BCUT2D eigenvalue weighted by Crippen LogP contribution is 2.59. The molecule has 1 aliphatic carbocycles. The van der Waals surface area contributed by atoms with Gasteiger partial charge in [-0.15, -0.1) is 12.4 Å². The van der Waals surface area contributed by atoms with Crippen LogP contribution in [-0.2, 0) is 4.79 Å². The fraction of sp³-hybridized carbons (Fsp3) is 0.700. The minimum atomic E-state index is -0.664. The third-order valence-electron chi connectivity index (χ3n) is 2.69. The summed E-state index contributed by atoms with van der Waals surface area (Å²) in [5, 5.41) is 8.84. The fourth-order valence-electron chi connectivity index (χ4n) is 1.82. The van der Waals surface area contributed by atoms with Crippen molar-refractivity contribution in [3.05, 3.63) is 11.6 Å². The lowest BCUT2D eigenvalue weighted by molar-refractivity contribution is -0.139. The van der Waals surface area contributed by atoms with E-state index in [1.54, 1.807) is 0 Å². The molecule has 0 heterocycles. The van der Waals surface area contributed by atoms with Gasteiger partial charge in [-0.25, -0.2) is 0 Å². The SMILES string of the molecule is CC(C)=C[C@@H]1[C@@H](C(=O)O)C1(C)C.Cl. The topological polar surface area (TPSA) is 37.3 Å². The molecule has 1 saturated carbocycles. The third-order valence-corrected chi connectivity index (χ3v) is 2.69. The van der Waals surface area contributed by atoms with Crippen LogP contribution in [0.3, 0.4) is 0 Å². The first kappa shape index (κ1) is 12.5. The van der Waals surface area contributed by atoms with E-state index in [9.17, 15) is 4.79 Å². The Kier molecular flexibility index (Phi) is 3.56. The number of hydrogen-bond acceptors (Lipinski definition) is 1. The van der Waals surface area contributed by atoms with Crippen molar-refractivity contribution in [1.82, 2.24) is 0 Å². The Hall–Kier alpha value is -0.500. The zero-order valence-electron chi connectivity index (χ0n) is 8.50. The molecule has 0 aromatic carbocycles. The summed E-state index contributed by atoms with van der Waals surface area (Å²) in [6.45, 7) is 8.03. The zero-order chi connectivity index (χ0) is 9.52. The van der Waals surface area contributed by atoms with Gasteiger partial charge in [0.15, 0.2) is 0 Å². The van der Waals surface area contributed by atoms with Crippen molar-refractivity contribution < 1.29 is 9.90 Å². The summed E-state index contributed by atoms with van der Waals surface area (Å²) in [7, 11) is 0. The largest absolute Gasteiger partial charge is 0.481 e. The second-order valence-electron chi connectivity index (χ2n) is 4.41. The maximum absolute atomic E-state index is 10.7. The van der Waals surface area contributed by atoms with Gasteiger partial charge in [-0.2, -0.15) is 0 Å². The second kappa shape index (κ2) is 3.70. The van der Waals surface area contributed by atoms with Gasteiger partial charge in [0.05, 0.1) is 5.92 Å². The van der Waals surface area contributed by atoms with Gasteiger partial charge in [0.1, 0.15) is 0 Å². The van der Waals surface area contributed by atoms with E-state index in [0.717, 1.165) is 0 Å². The van der Waals surface area contributed by atoms with Crippen LogP contribution in [0.25, 0.3) is 0 Å². The number of carboxylic acid groups (broad SMARTS) is 1. The molecule has 0 saturated heterocycles. The van der Waals surface area contributed by atoms with E-state index in [-0.39, 0.29) is 29.7 Å². The molecular weight excluding hydrogens is 188 g/mol. The molecule has 2 nitrogen and oxygen atoms in total. The minimum absolute atomic E-state index is 0. The molecule has 1 aliphatic rings. The number of carbonyl (C=O) groups is 1. The molecule has 0 radical (unpaired) electrons. The van der Waals surface area contributed by atoms with E-state index in [0.29, 0.717) is 0 Å². The zero-order valence-corrected chi connectivity index (χ0v) is 9.31. The first-order chi connectivity index (χ1) is 5.37. The Morgan fingerprint density at radius 3 is 2.08 bits per heavy atom. The van der Waals surface area contributed by atoms with Crippen LogP contribution >= 0.6 is 12.4 Å². The predicted octanol–water partition coefficient (Wildman–Crippen LogP) is 2.73. The van der Waals surface area contributed by atoms with Crippen LogP contribution in [-0.4, -0.2) is 11.1 Å². The number of rotatable bonds is 2. The molecule has 13 heavy (non-hydrogen) atoms. The molecule has 0 amide bonds. The van der Waals surface area contributed by atoms with Crippen LogP contribution < -0.4 is 0 Å². The quantitative estimate of drug-likeness (QED) is 0.703.